The molecule has 1 unspecified atom stereocenters. The predicted molar refractivity (Wildman–Crippen MR) is 103 cm³/mol. The van der Waals surface area contributed by atoms with Gasteiger partial charge < -0.3 is 14.9 Å². The van der Waals surface area contributed by atoms with E-state index in [2.05, 4.69) is 0 Å². The van der Waals surface area contributed by atoms with Crippen molar-refractivity contribution < 1.29 is 19.5 Å². The second kappa shape index (κ2) is 10.1. The lowest BCUT2D eigenvalue weighted by Gasteiger charge is -2.33. The summed E-state index contributed by atoms with van der Waals surface area (Å²) in [7, 11) is 0. The molecule has 0 aliphatic carbocycles. The van der Waals surface area contributed by atoms with Gasteiger partial charge in [0.1, 0.15) is 0 Å². The van der Waals surface area contributed by atoms with Crippen LogP contribution < -0.4 is 0 Å². The Morgan fingerprint density at radius 1 is 1.11 bits per heavy atom. The Balaban J connectivity index is 1.91. The molecule has 27 heavy (non-hydrogen) atoms. The fraction of sp³-hybridized carbons (Fsp3) is 0.571. The van der Waals surface area contributed by atoms with Crippen molar-refractivity contribution in [3.63, 3.8) is 0 Å². The summed E-state index contributed by atoms with van der Waals surface area (Å²) >= 11 is 0. The molecule has 1 N–H and O–H groups in total. The average molecular weight is 374 g/mol. The SMILES string of the molecule is CCCN(CCC)C(=O)CCCC(=O)N1Cc2ccccc2C(C(=O)O)C1. The number of carbonyl (C=O) groups excluding carboxylic acids is 2. The van der Waals surface area contributed by atoms with E-state index in [1.807, 2.05) is 43.0 Å². The Hall–Kier alpha value is -2.37. The van der Waals surface area contributed by atoms with Crippen LogP contribution in [0.15, 0.2) is 24.3 Å². The topological polar surface area (TPSA) is 77.9 Å². The van der Waals surface area contributed by atoms with E-state index in [-0.39, 0.29) is 24.8 Å². The highest BCUT2D eigenvalue weighted by Gasteiger charge is 2.32. The van der Waals surface area contributed by atoms with Crippen molar-refractivity contribution in [3.05, 3.63) is 35.4 Å². The van der Waals surface area contributed by atoms with Crippen LogP contribution in [0.25, 0.3) is 0 Å². The molecule has 2 amide bonds. The van der Waals surface area contributed by atoms with E-state index in [4.69, 9.17) is 0 Å². The monoisotopic (exact) mass is 374 g/mol. The molecule has 0 radical (unpaired) electrons. The van der Waals surface area contributed by atoms with Gasteiger partial charge in [-0.3, -0.25) is 14.4 Å². The number of carboxylic acids is 1. The molecule has 0 spiro atoms. The first-order chi connectivity index (χ1) is 13.0. The number of fused-ring (bicyclic) bond motifs is 1. The van der Waals surface area contributed by atoms with Gasteiger partial charge in [0.05, 0.1) is 5.92 Å². The normalized spacial score (nSPS) is 15.9. The van der Waals surface area contributed by atoms with Crippen molar-refractivity contribution in [2.24, 2.45) is 0 Å². The van der Waals surface area contributed by atoms with Crippen molar-refractivity contribution in [1.29, 1.82) is 0 Å². The highest BCUT2D eigenvalue weighted by Crippen LogP contribution is 2.29. The number of hydrogen-bond donors (Lipinski definition) is 1. The van der Waals surface area contributed by atoms with E-state index >= 15 is 0 Å². The number of benzene rings is 1. The number of carbonyl (C=O) groups is 3. The molecule has 1 aromatic rings. The van der Waals surface area contributed by atoms with Gasteiger partial charge in [0.15, 0.2) is 0 Å². The summed E-state index contributed by atoms with van der Waals surface area (Å²) in [6.45, 7) is 6.23. The largest absolute Gasteiger partial charge is 0.481 e. The third kappa shape index (κ3) is 5.55. The maximum atomic E-state index is 12.6. The molecule has 2 rings (SSSR count). The van der Waals surface area contributed by atoms with E-state index in [0.29, 0.717) is 19.4 Å². The molecule has 1 aliphatic rings. The third-order valence-electron chi connectivity index (χ3n) is 4.97. The summed E-state index contributed by atoms with van der Waals surface area (Å²) in [6.07, 6.45) is 2.98. The Morgan fingerprint density at radius 3 is 2.41 bits per heavy atom. The van der Waals surface area contributed by atoms with Crippen LogP contribution in [0.3, 0.4) is 0 Å². The van der Waals surface area contributed by atoms with Crippen molar-refractivity contribution >= 4 is 17.8 Å². The van der Waals surface area contributed by atoms with Gasteiger partial charge in [-0.25, -0.2) is 0 Å². The molecule has 1 aliphatic heterocycles. The minimum atomic E-state index is -0.912. The molecule has 6 nitrogen and oxygen atoms in total. The van der Waals surface area contributed by atoms with Crippen LogP contribution >= 0.6 is 0 Å². The van der Waals surface area contributed by atoms with Gasteiger partial charge in [-0.15, -0.1) is 0 Å². The number of rotatable bonds is 9. The minimum absolute atomic E-state index is 0.0823. The fourth-order valence-electron chi connectivity index (χ4n) is 3.62. The lowest BCUT2D eigenvalue weighted by atomic mass is 9.89. The van der Waals surface area contributed by atoms with Crippen molar-refractivity contribution in [3.8, 4) is 0 Å². The van der Waals surface area contributed by atoms with Crippen LogP contribution in [-0.2, 0) is 20.9 Å². The smallest absolute Gasteiger partial charge is 0.312 e. The van der Waals surface area contributed by atoms with Crippen molar-refractivity contribution in [1.82, 2.24) is 9.80 Å². The molecular formula is C21H30N2O4. The molecule has 6 heteroatoms. The van der Waals surface area contributed by atoms with Gasteiger partial charge in [-0.1, -0.05) is 38.1 Å². The zero-order chi connectivity index (χ0) is 19.8. The van der Waals surface area contributed by atoms with Crippen LogP contribution in [0.2, 0.25) is 0 Å². The molecular weight excluding hydrogens is 344 g/mol. The fourth-order valence-corrected chi connectivity index (χ4v) is 3.62. The Bertz CT molecular complexity index is 668. The molecule has 0 bridgehead atoms. The molecule has 1 aromatic carbocycles. The summed E-state index contributed by atoms with van der Waals surface area (Å²) in [6, 6.07) is 7.39. The van der Waals surface area contributed by atoms with Crippen LogP contribution in [0, 0.1) is 0 Å². The molecule has 148 valence electrons. The molecule has 1 atom stereocenters. The van der Waals surface area contributed by atoms with E-state index in [1.54, 1.807) is 4.90 Å². The molecule has 0 saturated carbocycles. The van der Waals surface area contributed by atoms with E-state index in [0.717, 1.165) is 37.1 Å². The van der Waals surface area contributed by atoms with Gasteiger partial charge in [0.2, 0.25) is 11.8 Å². The van der Waals surface area contributed by atoms with E-state index in [9.17, 15) is 19.5 Å². The van der Waals surface area contributed by atoms with Gasteiger partial charge >= 0.3 is 5.97 Å². The van der Waals surface area contributed by atoms with Crippen LogP contribution in [0.4, 0.5) is 0 Å². The third-order valence-corrected chi connectivity index (χ3v) is 4.97. The quantitative estimate of drug-likeness (QED) is 0.721. The zero-order valence-electron chi connectivity index (χ0n) is 16.3. The molecule has 1 heterocycles. The number of hydrogen-bond acceptors (Lipinski definition) is 3. The second-order valence-corrected chi connectivity index (χ2v) is 7.10. The molecule has 0 aromatic heterocycles. The Labute approximate surface area is 161 Å². The van der Waals surface area contributed by atoms with Gasteiger partial charge in [-0.2, -0.15) is 0 Å². The van der Waals surface area contributed by atoms with E-state index in [1.165, 1.54) is 0 Å². The summed E-state index contributed by atoms with van der Waals surface area (Å²) in [5, 5.41) is 9.51. The van der Waals surface area contributed by atoms with Gasteiger partial charge in [0, 0.05) is 39.0 Å². The minimum Gasteiger partial charge on any atom is -0.481 e. The predicted octanol–water partition coefficient (Wildman–Crippen LogP) is 3.02. The maximum absolute atomic E-state index is 12.6. The number of carboxylic acid groups (broad SMARTS) is 1. The number of amides is 2. The summed E-state index contributed by atoms with van der Waals surface area (Å²) in [4.78, 5) is 40.0. The van der Waals surface area contributed by atoms with E-state index < -0.39 is 11.9 Å². The molecule has 0 saturated heterocycles. The summed E-state index contributed by atoms with van der Waals surface area (Å²) in [5.41, 5.74) is 1.68. The summed E-state index contributed by atoms with van der Waals surface area (Å²) < 4.78 is 0. The molecule has 0 fully saturated rings. The van der Waals surface area contributed by atoms with Crippen LogP contribution in [0.5, 0.6) is 0 Å². The Kier molecular flexibility index (Phi) is 7.82. The van der Waals surface area contributed by atoms with Crippen LogP contribution in [0.1, 0.15) is 63.0 Å². The average Bonchev–Trinajstić information content (AvgIpc) is 2.66. The van der Waals surface area contributed by atoms with Crippen molar-refractivity contribution in [2.45, 2.75) is 58.4 Å². The standard InChI is InChI=1S/C21H30N2O4/c1-3-12-22(13-4-2)19(24)10-7-11-20(25)23-14-16-8-5-6-9-17(16)18(15-23)21(26)27/h5-6,8-9,18H,3-4,7,10-15H2,1-2H3,(H,26,27). The first-order valence-corrected chi connectivity index (χ1v) is 9.84. The first kappa shape index (κ1) is 20.9. The first-order valence-electron chi connectivity index (χ1n) is 9.84. The Morgan fingerprint density at radius 2 is 1.78 bits per heavy atom. The summed E-state index contributed by atoms with van der Waals surface area (Å²) in [5.74, 6) is -1.59. The van der Waals surface area contributed by atoms with Gasteiger partial charge in [0.25, 0.3) is 0 Å². The van der Waals surface area contributed by atoms with Crippen molar-refractivity contribution in [2.75, 3.05) is 19.6 Å². The van der Waals surface area contributed by atoms with Gasteiger partial charge in [-0.05, 0) is 30.4 Å². The lowest BCUT2D eigenvalue weighted by Crippen LogP contribution is -2.40. The highest BCUT2D eigenvalue weighted by atomic mass is 16.4. The second-order valence-electron chi connectivity index (χ2n) is 7.10. The number of nitrogens with zero attached hydrogens (tertiary/aromatic N) is 2. The lowest BCUT2D eigenvalue weighted by molar-refractivity contribution is -0.141. The highest BCUT2D eigenvalue weighted by molar-refractivity contribution is 5.82. The number of aliphatic carboxylic acids is 1. The maximum Gasteiger partial charge on any atom is 0.312 e. The zero-order valence-corrected chi connectivity index (χ0v) is 16.3. The van der Waals surface area contributed by atoms with Crippen LogP contribution in [-0.4, -0.2) is 52.3 Å².